The molecule has 86 valence electrons. The number of aliphatic carboxylic acids is 1. The van der Waals surface area contributed by atoms with E-state index in [4.69, 9.17) is 9.90 Å². The van der Waals surface area contributed by atoms with E-state index in [9.17, 15) is 13.2 Å². The van der Waals surface area contributed by atoms with Crippen molar-refractivity contribution in [1.82, 2.24) is 4.90 Å². The predicted octanol–water partition coefficient (Wildman–Crippen LogP) is 1.98. The third-order valence-electron chi connectivity index (χ3n) is 1.58. The molecule has 0 saturated carbocycles. The molecule has 6 heteroatoms. The van der Waals surface area contributed by atoms with E-state index in [0.29, 0.717) is 0 Å². The predicted molar refractivity (Wildman–Crippen MR) is 47.2 cm³/mol. The van der Waals surface area contributed by atoms with Gasteiger partial charge in [0, 0.05) is 0 Å². The van der Waals surface area contributed by atoms with E-state index < -0.39 is 12.1 Å². The molecule has 0 aliphatic carbocycles. The van der Waals surface area contributed by atoms with Gasteiger partial charge in [-0.15, -0.1) is 0 Å². The maximum atomic E-state index is 10.6. The molecule has 0 unspecified atom stereocenters. The molecular formula is C8H16F3NO2. The molecule has 0 fully saturated rings. The normalized spacial score (nSPS) is 10.8. The number of carboxylic acid groups (broad SMARTS) is 1. The Kier molecular flexibility index (Phi) is 8.52. The SMILES string of the molecule is CCN(CC)CC.O=C(O)C(F)(F)F. The van der Waals surface area contributed by atoms with Crippen LogP contribution in [0, 0.1) is 0 Å². The Bertz CT molecular complexity index is 150. The number of carboxylic acids is 1. The molecule has 0 aromatic heterocycles. The van der Waals surface area contributed by atoms with Crippen LogP contribution in [0.4, 0.5) is 13.2 Å². The average Bonchev–Trinajstić information content (AvgIpc) is 2.07. The molecule has 0 saturated heterocycles. The highest BCUT2D eigenvalue weighted by atomic mass is 19.4. The molecule has 1 N–H and O–H groups in total. The minimum Gasteiger partial charge on any atom is -0.475 e. The molecule has 0 aliphatic heterocycles. The van der Waals surface area contributed by atoms with E-state index in [1.807, 2.05) is 0 Å². The fourth-order valence-electron chi connectivity index (χ4n) is 0.671. The van der Waals surface area contributed by atoms with Gasteiger partial charge in [0.05, 0.1) is 0 Å². The monoisotopic (exact) mass is 215 g/mol. The number of hydrogen-bond donors (Lipinski definition) is 1. The van der Waals surface area contributed by atoms with Crippen LogP contribution in [0.2, 0.25) is 0 Å². The molecule has 0 aliphatic rings. The molecule has 0 spiro atoms. The minimum atomic E-state index is -5.08. The lowest BCUT2D eigenvalue weighted by Crippen LogP contribution is -2.21. The van der Waals surface area contributed by atoms with Gasteiger partial charge >= 0.3 is 12.1 Å². The highest BCUT2D eigenvalue weighted by Crippen LogP contribution is 2.13. The second kappa shape index (κ2) is 7.61. The number of carbonyl (C=O) groups is 1. The van der Waals surface area contributed by atoms with Crippen LogP contribution in [0.5, 0.6) is 0 Å². The maximum Gasteiger partial charge on any atom is 0.490 e. The van der Waals surface area contributed by atoms with Crippen LogP contribution in [0.3, 0.4) is 0 Å². The summed E-state index contributed by atoms with van der Waals surface area (Å²) in [5.41, 5.74) is 0. The molecule has 0 rings (SSSR count). The summed E-state index contributed by atoms with van der Waals surface area (Å²) < 4.78 is 31.7. The van der Waals surface area contributed by atoms with Gasteiger partial charge in [-0.05, 0) is 19.6 Å². The highest BCUT2D eigenvalue weighted by Gasteiger charge is 2.38. The lowest BCUT2D eigenvalue weighted by Gasteiger charge is -2.13. The van der Waals surface area contributed by atoms with E-state index in [-0.39, 0.29) is 0 Å². The van der Waals surface area contributed by atoms with Crippen molar-refractivity contribution < 1.29 is 23.1 Å². The summed E-state index contributed by atoms with van der Waals surface area (Å²) in [5, 5.41) is 7.12. The van der Waals surface area contributed by atoms with Crippen molar-refractivity contribution in [2.24, 2.45) is 0 Å². The summed E-state index contributed by atoms with van der Waals surface area (Å²) in [4.78, 5) is 11.3. The largest absolute Gasteiger partial charge is 0.490 e. The zero-order chi connectivity index (χ0) is 11.8. The van der Waals surface area contributed by atoms with Gasteiger partial charge in [0.25, 0.3) is 0 Å². The van der Waals surface area contributed by atoms with Crippen LogP contribution in [0.15, 0.2) is 0 Å². The van der Waals surface area contributed by atoms with Gasteiger partial charge in [0.1, 0.15) is 0 Å². The standard InChI is InChI=1S/C6H15N.C2HF3O2/c1-4-7(5-2)6-3;3-2(4,5)1(6)7/h4-6H2,1-3H3;(H,6,7). The Morgan fingerprint density at radius 2 is 1.36 bits per heavy atom. The van der Waals surface area contributed by atoms with Crippen molar-refractivity contribution in [2.45, 2.75) is 26.9 Å². The lowest BCUT2D eigenvalue weighted by molar-refractivity contribution is -0.192. The number of rotatable bonds is 3. The van der Waals surface area contributed by atoms with Crippen molar-refractivity contribution in [1.29, 1.82) is 0 Å². The van der Waals surface area contributed by atoms with E-state index in [2.05, 4.69) is 25.7 Å². The second-order valence-electron chi connectivity index (χ2n) is 2.42. The Balaban J connectivity index is 0. The number of halogens is 3. The van der Waals surface area contributed by atoms with E-state index >= 15 is 0 Å². The summed E-state index contributed by atoms with van der Waals surface area (Å²) in [7, 11) is 0. The van der Waals surface area contributed by atoms with Gasteiger partial charge in [-0.1, -0.05) is 20.8 Å². The molecule has 0 aromatic rings. The first kappa shape index (κ1) is 15.7. The first-order chi connectivity index (χ1) is 6.29. The van der Waals surface area contributed by atoms with Crippen LogP contribution < -0.4 is 0 Å². The van der Waals surface area contributed by atoms with Crippen molar-refractivity contribution in [3.63, 3.8) is 0 Å². The van der Waals surface area contributed by atoms with Gasteiger partial charge < -0.3 is 10.0 Å². The summed E-state index contributed by atoms with van der Waals surface area (Å²) in [5.74, 6) is -2.76. The van der Waals surface area contributed by atoms with E-state index in [0.717, 1.165) is 0 Å². The van der Waals surface area contributed by atoms with E-state index in [1.165, 1.54) is 19.6 Å². The molecule has 0 bridgehead atoms. The Hall–Kier alpha value is -0.780. The van der Waals surface area contributed by atoms with Crippen LogP contribution in [-0.4, -0.2) is 41.8 Å². The van der Waals surface area contributed by atoms with Gasteiger partial charge in [0.2, 0.25) is 0 Å². The topological polar surface area (TPSA) is 40.5 Å². The van der Waals surface area contributed by atoms with E-state index in [1.54, 1.807) is 0 Å². The third-order valence-corrected chi connectivity index (χ3v) is 1.58. The van der Waals surface area contributed by atoms with Crippen LogP contribution in [0.25, 0.3) is 0 Å². The Labute approximate surface area is 81.5 Å². The highest BCUT2D eigenvalue weighted by molar-refractivity contribution is 5.73. The first-order valence-corrected chi connectivity index (χ1v) is 4.31. The zero-order valence-electron chi connectivity index (χ0n) is 8.56. The lowest BCUT2D eigenvalue weighted by atomic mass is 10.5. The summed E-state index contributed by atoms with van der Waals surface area (Å²) in [6.45, 7) is 10.1. The maximum absolute atomic E-state index is 10.6. The molecule has 0 atom stereocenters. The first-order valence-electron chi connectivity index (χ1n) is 4.31. The van der Waals surface area contributed by atoms with Crippen molar-refractivity contribution >= 4 is 5.97 Å². The molecule has 0 radical (unpaired) electrons. The molecule has 0 amide bonds. The second-order valence-corrected chi connectivity index (χ2v) is 2.42. The fraction of sp³-hybridized carbons (Fsp3) is 0.875. The smallest absolute Gasteiger partial charge is 0.475 e. The van der Waals surface area contributed by atoms with Gasteiger partial charge in [-0.2, -0.15) is 13.2 Å². The average molecular weight is 215 g/mol. The van der Waals surface area contributed by atoms with Gasteiger partial charge in [-0.3, -0.25) is 0 Å². The zero-order valence-corrected chi connectivity index (χ0v) is 8.56. The Morgan fingerprint density at radius 3 is 1.36 bits per heavy atom. The summed E-state index contributed by atoms with van der Waals surface area (Å²) in [6, 6.07) is 0. The molecule has 3 nitrogen and oxygen atoms in total. The summed E-state index contributed by atoms with van der Waals surface area (Å²) >= 11 is 0. The third kappa shape index (κ3) is 9.31. The van der Waals surface area contributed by atoms with Crippen LogP contribution in [-0.2, 0) is 4.79 Å². The molecular weight excluding hydrogens is 199 g/mol. The van der Waals surface area contributed by atoms with Crippen molar-refractivity contribution in [3.05, 3.63) is 0 Å². The number of nitrogens with zero attached hydrogens (tertiary/aromatic N) is 1. The van der Waals surface area contributed by atoms with Gasteiger partial charge in [0.15, 0.2) is 0 Å². The molecule has 14 heavy (non-hydrogen) atoms. The van der Waals surface area contributed by atoms with Gasteiger partial charge in [-0.25, -0.2) is 4.79 Å². The minimum absolute atomic E-state index is 1.19. The molecule has 0 heterocycles. The summed E-state index contributed by atoms with van der Waals surface area (Å²) in [6.07, 6.45) is -5.08. The number of hydrogen-bond acceptors (Lipinski definition) is 2. The van der Waals surface area contributed by atoms with Crippen LogP contribution in [0.1, 0.15) is 20.8 Å². The molecule has 0 aromatic carbocycles. The van der Waals surface area contributed by atoms with Crippen molar-refractivity contribution in [2.75, 3.05) is 19.6 Å². The van der Waals surface area contributed by atoms with Crippen molar-refractivity contribution in [3.8, 4) is 0 Å². The number of alkyl halides is 3. The quantitative estimate of drug-likeness (QED) is 0.782. The van der Waals surface area contributed by atoms with Crippen LogP contribution >= 0.6 is 0 Å². The Morgan fingerprint density at radius 1 is 1.14 bits per heavy atom. The fourth-order valence-corrected chi connectivity index (χ4v) is 0.671.